The van der Waals surface area contributed by atoms with E-state index in [1.54, 1.807) is 6.08 Å². The number of piperazine rings is 1. The van der Waals surface area contributed by atoms with Crippen molar-refractivity contribution in [2.75, 3.05) is 45.9 Å². The van der Waals surface area contributed by atoms with Gasteiger partial charge >= 0.3 is 0 Å². The van der Waals surface area contributed by atoms with Crippen molar-refractivity contribution in [3.05, 3.63) is 71.8 Å². The summed E-state index contributed by atoms with van der Waals surface area (Å²) in [5, 5.41) is 0.624. The minimum absolute atomic E-state index is 0.0576. The van der Waals surface area contributed by atoms with Crippen molar-refractivity contribution in [1.82, 2.24) is 9.80 Å². The van der Waals surface area contributed by atoms with Crippen LogP contribution in [0.15, 0.2) is 61.2 Å². The van der Waals surface area contributed by atoms with E-state index in [1.165, 1.54) is 0 Å². The van der Waals surface area contributed by atoms with E-state index in [0.29, 0.717) is 42.6 Å². The molecule has 1 aliphatic rings. The van der Waals surface area contributed by atoms with Crippen LogP contribution in [0, 0.1) is 0 Å². The summed E-state index contributed by atoms with van der Waals surface area (Å²) in [6, 6.07) is 14.7. The van der Waals surface area contributed by atoms with Crippen LogP contribution in [0.1, 0.15) is 10.4 Å². The Balaban J connectivity index is 1.42. The quantitative estimate of drug-likeness (QED) is 0.633. The summed E-state index contributed by atoms with van der Waals surface area (Å²) in [6.07, 6.45) is 1.69. The molecular formula is C22H25ClN2O3. The van der Waals surface area contributed by atoms with Gasteiger partial charge in [0.25, 0.3) is 5.91 Å². The van der Waals surface area contributed by atoms with Crippen LogP contribution in [0.5, 0.6) is 11.5 Å². The van der Waals surface area contributed by atoms with E-state index in [0.717, 1.165) is 25.4 Å². The predicted molar refractivity (Wildman–Crippen MR) is 111 cm³/mol. The number of amides is 1. The molecule has 0 N–H and O–H groups in total. The number of para-hydroxylation sites is 1. The van der Waals surface area contributed by atoms with Crippen molar-refractivity contribution in [3.63, 3.8) is 0 Å². The first-order valence-electron chi connectivity index (χ1n) is 9.40. The average Bonchev–Trinajstić information content (AvgIpc) is 2.74. The van der Waals surface area contributed by atoms with Crippen molar-refractivity contribution in [2.45, 2.75) is 0 Å². The van der Waals surface area contributed by atoms with E-state index in [-0.39, 0.29) is 5.91 Å². The highest BCUT2D eigenvalue weighted by Crippen LogP contribution is 2.23. The fourth-order valence-electron chi connectivity index (χ4n) is 3.05. The summed E-state index contributed by atoms with van der Waals surface area (Å²) in [5.41, 5.74) is 0.682. The molecule has 1 heterocycles. The van der Waals surface area contributed by atoms with E-state index >= 15 is 0 Å². The number of carbonyl (C=O) groups excluding carboxylic acids is 1. The zero-order chi connectivity index (χ0) is 19.8. The minimum Gasteiger partial charge on any atom is -0.491 e. The number of nitrogens with zero attached hydrogens (tertiary/aromatic N) is 2. The summed E-state index contributed by atoms with van der Waals surface area (Å²) in [6.45, 7) is 8.54. The number of halogens is 1. The third-order valence-electron chi connectivity index (χ3n) is 4.63. The van der Waals surface area contributed by atoms with E-state index < -0.39 is 0 Å². The Bertz CT molecular complexity index is 787. The van der Waals surface area contributed by atoms with Crippen molar-refractivity contribution >= 4 is 17.5 Å². The maximum atomic E-state index is 12.7. The molecule has 148 valence electrons. The molecule has 6 heteroatoms. The fraction of sp³-hybridized carbons (Fsp3) is 0.318. The Morgan fingerprint density at radius 1 is 1.04 bits per heavy atom. The van der Waals surface area contributed by atoms with E-state index in [2.05, 4.69) is 11.5 Å². The number of hydrogen-bond donors (Lipinski definition) is 0. The van der Waals surface area contributed by atoms with Gasteiger partial charge in [0, 0.05) is 38.3 Å². The van der Waals surface area contributed by atoms with Crippen LogP contribution in [0.3, 0.4) is 0 Å². The van der Waals surface area contributed by atoms with Gasteiger partial charge in [0.2, 0.25) is 0 Å². The first-order valence-corrected chi connectivity index (χ1v) is 9.78. The molecule has 0 bridgehead atoms. The Morgan fingerprint density at radius 3 is 2.43 bits per heavy atom. The molecule has 0 unspecified atom stereocenters. The van der Waals surface area contributed by atoms with Crippen molar-refractivity contribution in [2.24, 2.45) is 0 Å². The molecule has 1 saturated heterocycles. The van der Waals surface area contributed by atoms with Crippen LogP contribution in [-0.4, -0.2) is 61.6 Å². The lowest BCUT2D eigenvalue weighted by atomic mass is 10.1. The van der Waals surface area contributed by atoms with Crippen LogP contribution in [0.4, 0.5) is 0 Å². The molecule has 0 spiro atoms. The van der Waals surface area contributed by atoms with Gasteiger partial charge in [-0.2, -0.15) is 0 Å². The molecule has 2 aromatic carbocycles. The normalized spacial score (nSPS) is 14.5. The zero-order valence-corrected chi connectivity index (χ0v) is 16.6. The van der Waals surface area contributed by atoms with Gasteiger partial charge in [0.15, 0.2) is 0 Å². The lowest BCUT2D eigenvalue weighted by Crippen LogP contribution is -2.49. The molecular weight excluding hydrogens is 376 g/mol. The molecule has 3 rings (SSSR count). The number of hydrogen-bond acceptors (Lipinski definition) is 4. The first-order chi connectivity index (χ1) is 13.7. The molecule has 1 fully saturated rings. The Kier molecular flexibility index (Phi) is 7.34. The van der Waals surface area contributed by atoms with E-state index in [9.17, 15) is 4.79 Å². The van der Waals surface area contributed by atoms with Gasteiger partial charge in [0.05, 0.1) is 5.02 Å². The van der Waals surface area contributed by atoms with E-state index in [1.807, 2.05) is 53.4 Å². The van der Waals surface area contributed by atoms with Gasteiger partial charge in [-0.15, -0.1) is 0 Å². The maximum absolute atomic E-state index is 12.7. The van der Waals surface area contributed by atoms with Crippen LogP contribution in [0.2, 0.25) is 5.02 Å². The standard InChI is InChI=1S/C22H25ClN2O3/c1-2-16-27-19-9-7-18(8-10-19)22(26)25-13-11-24(12-14-25)15-17-28-21-6-4-3-5-20(21)23/h2-10H,1,11-17H2. The maximum Gasteiger partial charge on any atom is 0.253 e. The summed E-state index contributed by atoms with van der Waals surface area (Å²) in [4.78, 5) is 16.9. The second-order valence-electron chi connectivity index (χ2n) is 6.54. The summed E-state index contributed by atoms with van der Waals surface area (Å²) < 4.78 is 11.2. The van der Waals surface area contributed by atoms with Crippen LogP contribution >= 0.6 is 11.6 Å². The lowest BCUT2D eigenvalue weighted by molar-refractivity contribution is 0.0620. The molecule has 1 amide bonds. The molecule has 28 heavy (non-hydrogen) atoms. The van der Waals surface area contributed by atoms with Crippen LogP contribution < -0.4 is 9.47 Å². The van der Waals surface area contributed by atoms with Crippen molar-refractivity contribution in [3.8, 4) is 11.5 Å². The number of carbonyl (C=O) groups is 1. The van der Waals surface area contributed by atoms with Crippen molar-refractivity contribution < 1.29 is 14.3 Å². The third kappa shape index (κ3) is 5.50. The van der Waals surface area contributed by atoms with Crippen LogP contribution in [0.25, 0.3) is 0 Å². The van der Waals surface area contributed by atoms with Gasteiger partial charge in [-0.25, -0.2) is 0 Å². The second-order valence-corrected chi connectivity index (χ2v) is 6.94. The van der Waals surface area contributed by atoms with Gasteiger partial charge in [0.1, 0.15) is 24.7 Å². The highest BCUT2D eigenvalue weighted by molar-refractivity contribution is 6.32. The molecule has 0 aromatic heterocycles. The highest BCUT2D eigenvalue weighted by Gasteiger charge is 2.22. The van der Waals surface area contributed by atoms with Gasteiger partial charge in [-0.3, -0.25) is 9.69 Å². The fourth-order valence-corrected chi connectivity index (χ4v) is 3.24. The average molecular weight is 401 g/mol. The summed E-state index contributed by atoms with van der Waals surface area (Å²) >= 11 is 6.10. The molecule has 0 saturated carbocycles. The zero-order valence-electron chi connectivity index (χ0n) is 15.9. The number of rotatable bonds is 8. The monoisotopic (exact) mass is 400 g/mol. The molecule has 5 nitrogen and oxygen atoms in total. The highest BCUT2D eigenvalue weighted by atomic mass is 35.5. The summed E-state index contributed by atoms with van der Waals surface area (Å²) in [7, 11) is 0. The van der Waals surface area contributed by atoms with Gasteiger partial charge in [-0.1, -0.05) is 36.4 Å². The second kappa shape index (κ2) is 10.2. The first kappa shape index (κ1) is 20.2. The van der Waals surface area contributed by atoms with Crippen LogP contribution in [-0.2, 0) is 0 Å². The Labute approximate surface area is 171 Å². The topological polar surface area (TPSA) is 42.0 Å². The summed E-state index contributed by atoms with van der Waals surface area (Å²) in [5.74, 6) is 1.50. The minimum atomic E-state index is 0.0576. The SMILES string of the molecule is C=CCOc1ccc(C(=O)N2CCN(CCOc3ccccc3Cl)CC2)cc1. The number of benzene rings is 2. The predicted octanol–water partition coefficient (Wildman–Crippen LogP) is 3.74. The Morgan fingerprint density at radius 2 is 1.75 bits per heavy atom. The largest absolute Gasteiger partial charge is 0.491 e. The smallest absolute Gasteiger partial charge is 0.253 e. The molecule has 1 aliphatic heterocycles. The molecule has 0 radical (unpaired) electrons. The van der Waals surface area contributed by atoms with Gasteiger partial charge in [-0.05, 0) is 36.4 Å². The number of ether oxygens (including phenoxy) is 2. The Hall–Kier alpha value is -2.50. The lowest BCUT2D eigenvalue weighted by Gasteiger charge is -2.34. The molecule has 0 atom stereocenters. The third-order valence-corrected chi connectivity index (χ3v) is 4.94. The molecule has 0 aliphatic carbocycles. The molecule has 2 aromatic rings. The van der Waals surface area contributed by atoms with Gasteiger partial charge < -0.3 is 14.4 Å². The van der Waals surface area contributed by atoms with Crippen molar-refractivity contribution in [1.29, 1.82) is 0 Å². The van der Waals surface area contributed by atoms with E-state index in [4.69, 9.17) is 21.1 Å².